The van der Waals surface area contributed by atoms with E-state index in [4.69, 9.17) is 46.4 Å². The van der Waals surface area contributed by atoms with E-state index in [1.807, 2.05) is 0 Å². The standard InChI is InChI=1S/C44H32Cl4F6N8O6/c1-19-15-32(58-42(68)38(22(4)64)62-60-34-18-24(12-14-26(34)46)40(66)56-30-10-6-8-28(48)36(30)44(52,53)54)20(2)16-31(19)57-41(67)37(21(3)63)61-59-33-17-23(11-13-25(33)45)39(65)55-29-9-5-7-27(47)35(29)43(49,50)51/h5-18,37-38H,1-4H3,(H,55,65)(H,56,66)(H,57,67)(H,58,68). The van der Waals surface area contributed by atoms with Crippen molar-refractivity contribution in [3.05, 3.63) is 138 Å². The molecule has 0 saturated heterocycles. The number of hydrogen-bond acceptors (Lipinski definition) is 10. The average molecular weight is 1020 g/mol. The first kappa shape index (κ1) is 52.2. The van der Waals surface area contributed by atoms with Crippen molar-refractivity contribution >= 4 is 116 Å². The molecule has 2 atom stereocenters. The molecule has 24 heteroatoms. The van der Waals surface area contributed by atoms with Crippen LogP contribution in [0.4, 0.5) is 60.5 Å². The minimum Gasteiger partial charge on any atom is -0.324 e. The lowest BCUT2D eigenvalue weighted by Crippen LogP contribution is -2.32. The SMILES string of the molecule is CC(=O)C(N=Nc1cc(C(=O)Nc2cccc(Cl)c2C(F)(F)F)ccc1Cl)C(=O)Nc1cc(C)c(NC(=O)C(N=Nc2cc(C(=O)Nc3cccc(Cl)c3C(F)(F)F)ccc2Cl)C(C)=O)cc1C. The third-order valence-electron chi connectivity index (χ3n) is 9.42. The number of hydrogen-bond donors (Lipinski definition) is 4. The summed E-state index contributed by atoms with van der Waals surface area (Å²) in [5.74, 6) is -5.46. The zero-order valence-electron chi connectivity index (χ0n) is 35.3. The molecule has 0 saturated carbocycles. The van der Waals surface area contributed by atoms with Gasteiger partial charge in [-0.15, -0.1) is 0 Å². The summed E-state index contributed by atoms with van der Waals surface area (Å²) in [6.45, 7) is 5.18. The second kappa shape index (κ2) is 21.5. The van der Waals surface area contributed by atoms with Crippen LogP contribution in [0, 0.1) is 13.8 Å². The number of rotatable bonds is 14. The first-order chi connectivity index (χ1) is 31.8. The molecule has 14 nitrogen and oxygen atoms in total. The molecule has 5 rings (SSSR count). The van der Waals surface area contributed by atoms with E-state index < -0.39 is 92.2 Å². The van der Waals surface area contributed by atoms with Crippen molar-refractivity contribution in [3.63, 3.8) is 0 Å². The minimum atomic E-state index is -4.89. The third-order valence-corrected chi connectivity index (χ3v) is 10.7. The van der Waals surface area contributed by atoms with Crippen molar-refractivity contribution in [3.8, 4) is 0 Å². The quantitative estimate of drug-likeness (QED) is 0.0484. The zero-order chi connectivity index (χ0) is 50.4. The van der Waals surface area contributed by atoms with Gasteiger partial charge in [-0.2, -0.15) is 46.8 Å². The van der Waals surface area contributed by atoms with Crippen LogP contribution in [0.5, 0.6) is 0 Å². The highest BCUT2D eigenvalue weighted by Crippen LogP contribution is 2.41. The van der Waals surface area contributed by atoms with Gasteiger partial charge in [0.1, 0.15) is 11.4 Å². The maximum absolute atomic E-state index is 13.7. The highest BCUT2D eigenvalue weighted by atomic mass is 35.5. The second-order valence-corrected chi connectivity index (χ2v) is 16.1. The van der Waals surface area contributed by atoms with Crippen LogP contribution >= 0.6 is 46.4 Å². The van der Waals surface area contributed by atoms with Gasteiger partial charge in [0.25, 0.3) is 23.6 Å². The fourth-order valence-corrected chi connectivity index (χ4v) is 6.92. The van der Waals surface area contributed by atoms with Crippen LogP contribution in [0.3, 0.4) is 0 Å². The Bertz CT molecular complexity index is 2740. The number of Topliss-reactive ketones (excluding diaryl/α,β-unsaturated/α-hetero) is 2. The normalized spacial score (nSPS) is 12.7. The largest absolute Gasteiger partial charge is 0.419 e. The lowest BCUT2D eigenvalue weighted by atomic mass is 10.1. The van der Waals surface area contributed by atoms with Gasteiger partial charge in [0.15, 0.2) is 11.6 Å². The summed E-state index contributed by atoms with van der Waals surface area (Å²) in [5, 5.41) is 23.4. The van der Waals surface area contributed by atoms with E-state index >= 15 is 0 Å². The Kier molecular flexibility index (Phi) is 16.5. The molecular weight excluding hydrogens is 992 g/mol. The molecule has 0 aliphatic rings. The lowest BCUT2D eigenvalue weighted by molar-refractivity contribution is -0.137. The molecule has 0 heterocycles. The van der Waals surface area contributed by atoms with Gasteiger partial charge >= 0.3 is 12.4 Å². The van der Waals surface area contributed by atoms with Crippen LogP contribution in [0.1, 0.15) is 56.8 Å². The van der Waals surface area contributed by atoms with Crippen molar-refractivity contribution < 1.29 is 55.1 Å². The number of alkyl halides is 6. The van der Waals surface area contributed by atoms with Crippen molar-refractivity contribution in [1.29, 1.82) is 0 Å². The summed E-state index contributed by atoms with van der Waals surface area (Å²) in [7, 11) is 0. The van der Waals surface area contributed by atoms with Gasteiger partial charge in [0.2, 0.25) is 12.1 Å². The van der Waals surface area contributed by atoms with E-state index in [0.717, 1.165) is 50.2 Å². The Balaban J connectivity index is 1.28. The second-order valence-electron chi connectivity index (χ2n) is 14.5. The first-order valence-corrected chi connectivity index (χ1v) is 20.8. The molecule has 4 N–H and O–H groups in total. The molecule has 5 aromatic rings. The van der Waals surface area contributed by atoms with Gasteiger partial charge in [0.05, 0.1) is 42.6 Å². The fourth-order valence-electron chi connectivity index (χ4n) is 6.05. The monoisotopic (exact) mass is 1020 g/mol. The Morgan fingerprint density at radius 2 is 0.838 bits per heavy atom. The maximum Gasteiger partial charge on any atom is 0.419 e. The van der Waals surface area contributed by atoms with Crippen LogP contribution < -0.4 is 21.3 Å². The number of halogens is 10. The molecule has 68 heavy (non-hydrogen) atoms. The molecular formula is C44H32Cl4F6N8O6. The number of carbonyl (C=O) groups is 6. The summed E-state index contributed by atoms with van der Waals surface area (Å²) in [5.41, 5.74) is -3.59. The average Bonchev–Trinajstić information content (AvgIpc) is 3.22. The number of azo groups is 2. The number of benzene rings is 5. The summed E-state index contributed by atoms with van der Waals surface area (Å²) < 4.78 is 81.9. The predicted octanol–water partition coefficient (Wildman–Crippen LogP) is 12.8. The van der Waals surface area contributed by atoms with Crippen LogP contribution in [-0.4, -0.2) is 47.3 Å². The van der Waals surface area contributed by atoms with Crippen LogP contribution in [0.2, 0.25) is 20.1 Å². The molecule has 0 radical (unpaired) electrons. The highest BCUT2D eigenvalue weighted by molar-refractivity contribution is 6.34. The van der Waals surface area contributed by atoms with Crippen molar-refractivity contribution in [2.75, 3.05) is 21.3 Å². The Hall–Kier alpha value is -6.74. The molecule has 0 spiro atoms. The topological polar surface area (TPSA) is 200 Å². The molecule has 354 valence electrons. The number of ketones is 2. The highest BCUT2D eigenvalue weighted by Gasteiger charge is 2.38. The first-order valence-electron chi connectivity index (χ1n) is 19.3. The molecule has 0 fully saturated rings. The Morgan fingerprint density at radius 3 is 1.16 bits per heavy atom. The van der Waals surface area contributed by atoms with E-state index in [-0.39, 0.29) is 43.9 Å². The Labute approximate surface area is 401 Å². The molecule has 0 aromatic heterocycles. The third kappa shape index (κ3) is 12.8. The number of anilines is 4. The van der Waals surface area contributed by atoms with Crippen LogP contribution in [0.15, 0.2) is 105 Å². The smallest absolute Gasteiger partial charge is 0.324 e. The van der Waals surface area contributed by atoms with Crippen molar-refractivity contribution in [2.24, 2.45) is 20.5 Å². The molecule has 0 aliphatic carbocycles. The summed E-state index contributed by atoms with van der Waals surface area (Å²) in [6, 6.07) is 12.7. The van der Waals surface area contributed by atoms with Gasteiger partial charge in [-0.25, -0.2) is 0 Å². The number of nitrogens with one attached hydrogen (secondary N) is 4. The van der Waals surface area contributed by atoms with Crippen LogP contribution in [0.25, 0.3) is 0 Å². The summed E-state index contributed by atoms with van der Waals surface area (Å²) in [4.78, 5) is 78.0. The Morgan fingerprint density at radius 1 is 0.485 bits per heavy atom. The van der Waals surface area contributed by atoms with Gasteiger partial charge in [-0.05, 0) is 112 Å². The van der Waals surface area contributed by atoms with E-state index in [0.29, 0.717) is 11.1 Å². The van der Waals surface area contributed by atoms with Crippen molar-refractivity contribution in [1.82, 2.24) is 0 Å². The molecule has 2 unspecified atom stereocenters. The summed E-state index contributed by atoms with van der Waals surface area (Å²) in [6.07, 6.45) is -9.79. The lowest BCUT2D eigenvalue weighted by Gasteiger charge is -2.16. The number of aryl methyl sites for hydroxylation is 2. The minimum absolute atomic E-state index is 0.0917. The van der Waals surface area contributed by atoms with E-state index in [1.54, 1.807) is 0 Å². The van der Waals surface area contributed by atoms with Gasteiger partial charge < -0.3 is 21.3 Å². The van der Waals surface area contributed by atoms with E-state index in [9.17, 15) is 55.1 Å². The van der Waals surface area contributed by atoms with E-state index in [2.05, 4.69) is 41.7 Å². The zero-order valence-corrected chi connectivity index (χ0v) is 38.3. The fraction of sp³-hybridized carbons (Fsp3) is 0.182. The van der Waals surface area contributed by atoms with Gasteiger partial charge in [-0.3, -0.25) is 28.8 Å². The number of amides is 4. The molecule has 5 aromatic carbocycles. The molecule has 4 amide bonds. The maximum atomic E-state index is 13.7. The van der Waals surface area contributed by atoms with Crippen molar-refractivity contribution in [2.45, 2.75) is 52.1 Å². The predicted molar refractivity (Wildman–Crippen MR) is 243 cm³/mol. The van der Waals surface area contributed by atoms with E-state index in [1.165, 1.54) is 62.4 Å². The molecule has 0 aliphatic heterocycles. The van der Waals surface area contributed by atoms with Gasteiger partial charge in [0, 0.05) is 22.5 Å². The number of nitrogens with zero attached hydrogens (tertiary/aromatic N) is 4. The van der Waals surface area contributed by atoms with Crippen LogP contribution in [-0.2, 0) is 31.5 Å². The molecule has 0 bridgehead atoms. The van der Waals surface area contributed by atoms with Gasteiger partial charge in [-0.1, -0.05) is 58.5 Å². The number of carbonyl (C=O) groups excluding carboxylic acids is 6. The summed E-state index contributed by atoms with van der Waals surface area (Å²) >= 11 is 24.0.